The number of carbonyl (C=O) groups is 1. The molecule has 3 N–H and O–H groups in total. The van der Waals surface area contributed by atoms with Crippen molar-refractivity contribution in [3.63, 3.8) is 0 Å². The van der Waals surface area contributed by atoms with Crippen LogP contribution in [0.3, 0.4) is 0 Å². The van der Waals surface area contributed by atoms with E-state index in [9.17, 15) is 15.0 Å². The predicted molar refractivity (Wildman–Crippen MR) is 193 cm³/mol. The number of allylic oxidation sites excluding steroid dienone is 3. The average molecular weight is 620 g/mol. The van der Waals surface area contributed by atoms with Gasteiger partial charge in [-0.05, 0) is 32.1 Å². The van der Waals surface area contributed by atoms with Crippen molar-refractivity contribution in [2.75, 3.05) is 6.61 Å². The molecule has 0 saturated carbocycles. The first kappa shape index (κ1) is 42.9. The van der Waals surface area contributed by atoms with Crippen molar-refractivity contribution in [3.8, 4) is 0 Å². The molecule has 0 aliphatic rings. The Hall–Kier alpha value is -1.13. The Morgan fingerprint density at radius 1 is 0.523 bits per heavy atom. The molecular weight excluding hydrogens is 542 g/mol. The summed E-state index contributed by atoms with van der Waals surface area (Å²) in [5.41, 5.74) is 0. The van der Waals surface area contributed by atoms with Gasteiger partial charge in [-0.15, -0.1) is 0 Å². The van der Waals surface area contributed by atoms with Crippen LogP contribution in [0, 0.1) is 0 Å². The molecule has 0 rings (SSSR count). The molecule has 44 heavy (non-hydrogen) atoms. The van der Waals surface area contributed by atoms with Gasteiger partial charge in [0.25, 0.3) is 0 Å². The third-order valence-electron chi connectivity index (χ3n) is 8.94. The Kier molecular flexibility index (Phi) is 35.4. The monoisotopic (exact) mass is 620 g/mol. The van der Waals surface area contributed by atoms with Crippen LogP contribution in [0.25, 0.3) is 0 Å². The molecule has 0 aliphatic carbocycles. The van der Waals surface area contributed by atoms with Crippen LogP contribution < -0.4 is 5.32 Å². The van der Waals surface area contributed by atoms with E-state index in [1.54, 1.807) is 6.08 Å². The summed E-state index contributed by atoms with van der Waals surface area (Å²) in [4.78, 5) is 12.3. The van der Waals surface area contributed by atoms with Gasteiger partial charge >= 0.3 is 0 Å². The van der Waals surface area contributed by atoms with Crippen LogP contribution in [0.15, 0.2) is 24.3 Å². The number of aliphatic hydroxyl groups is 2. The first-order chi connectivity index (χ1) is 21.7. The van der Waals surface area contributed by atoms with Crippen LogP contribution in [-0.4, -0.2) is 34.9 Å². The molecule has 0 aromatic heterocycles. The molecule has 0 fully saturated rings. The average Bonchev–Trinajstić information content (AvgIpc) is 3.03. The summed E-state index contributed by atoms with van der Waals surface area (Å²) in [5, 5.41) is 22.9. The number of hydrogen-bond donors (Lipinski definition) is 3. The second-order valence-electron chi connectivity index (χ2n) is 13.3. The van der Waals surface area contributed by atoms with E-state index in [1.165, 1.54) is 154 Å². The lowest BCUT2D eigenvalue weighted by Crippen LogP contribution is -2.45. The first-order valence-electron chi connectivity index (χ1n) is 19.6. The van der Waals surface area contributed by atoms with Gasteiger partial charge in [0.05, 0.1) is 18.8 Å². The van der Waals surface area contributed by atoms with Crippen LogP contribution >= 0.6 is 0 Å². The maximum Gasteiger partial charge on any atom is 0.220 e. The minimum absolute atomic E-state index is 0.0727. The maximum atomic E-state index is 12.3. The van der Waals surface area contributed by atoms with E-state index in [4.69, 9.17) is 0 Å². The fraction of sp³-hybridized carbons (Fsp3) is 0.875. The van der Waals surface area contributed by atoms with E-state index >= 15 is 0 Å². The topological polar surface area (TPSA) is 69.6 Å². The lowest BCUT2D eigenvalue weighted by molar-refractivity contribution is -0.123. The summed E-state index contributed by atoms with van der Waals surface area (Å²) in [6, 6.07) is -0.633. The first-order valence-corrected chi connectivity index (χ1v) is 19.6. The lowest BCUT2D eigenvalue weighted by atomic mass is 10.0. The molecule has 0 aromatic carbocycles. The Labute approximate surface area is 275 Å². The summed E-state index contributed by atoms with van der Waals surface area (Å²) in [6.07, 6.45) is 45.5. The van der Waals surface area contributed by atoms with Gasteiger partial charge in [-0.2, -0.15) is 0 Å². The molecule has 0 radical (unpaired) electrons. The summed E-state index contributed by atoms with van der Waals surface area (Å²) >= 11 is 0. The molecule has 0 spiro atoms. The van der Waals surface area contributed by atoms with Crippen LogP contribution in [0.5, 0.6) is 0 Å². The zero-order valence-electron chi connectivity index (χ0n) is 29.7. The molecule has 4 nitrogen and oxygen atoms in total. The van der Waals surface area contributed by atoms with Crippen LogP contribution in [0.2, 0.25) is 0 Å². The number of carbonyl (C=O) groups excluding carboxylic acids is 1. The molecule has 0 aromatic rings. The van der Waals surface area contributed by atoms with E-state index < -0.39 is 12.1 Å². The van der Waals surface area contributed by atoms with Crippen molar-refractivity contribution in [2.45, 2.75) is 219 Å². The molecule has 260 valence electrons. The second kappa shape index (κ2) is 36.3. The third-order valence-corrected chi connectivity index (χ3v) is 8.94. The van der Waals surface area contributed by atoms with E-state index in [0.29, 0.717) is 6.42 Å². The quantitative estimate of drug-likeness (QED) is 0.0488. The highest BCUT2D eigenvalue weighted by Crippen LogP contribution is 2.14. The Balaban J connectivity index is 3.63. The van der Waals surface area contributed by atoms with Crippen LogP contribution in [0.1, 0.15) is 206 Å². The molecule has 4 heteroatoms. The number of aliphatic hydroxyl groups excluding tert-OH is 2. The molecule has 2 atom stereocenters. The Morgan fingerprint density at radius 2 is 0.886 bits per heavy atom. The Bertz CT molecular complexity index is 632. The number of amides is 1. The molecule has 0 aliphatic heterocycles. The predicted octanol–water partition coefficient (Wildman–Crippen LogP) is 11.7. The number of rotatable bonds is 35. The van der Waals surface area contributed by atoms with Gasteiger partial charge in [-0.1, -0.05) is 192 Å². The Morgan fingerprint density at radius 3 is 1.32 bits per heavy atom. The number of hydrogen-bond acceptors (Lipinski definition) is 3. The fourth-order valence-electron chi connectivity index (χ4n) is 5.90. The van der Waals surface area contributed by atoms with Gasteiger partial charge in [0.1, 0.15) is 0 Å². The van der Waals surface area contributed by atoms with Gasteiger partial charge in [0.15, 0.2) is 0 Å². The van der Waals surface area contributed by atoms with Gasteiger partial charge < -0.3 is 15.5 Å². The normalized spacial score (nSPS) is 13.3. The molecule has 0 saturated heterocycles. The van der Waals surface area contributed by atoms with Gasteiger partial charge in [-0.3, -0.25) is 4.79 Å². The van der Waals surface area contributed by atoms with Crippen molar-refractivity contribution in [2.24, 2.45) is 0 Å². The summed E-state index contributed by atoms with van der Waals surface area (Å²) in [7, 11) is 0. The van der Waals surface area contributed by atoms with Crippen molar-refractivity contribution >= 4 is 5.91 Å². The fourth-order valence-corrected chi connectivity index (χ4v) is 5.90. The maximum absolute atomic E-state index is 12.3. The summed E-state index contributed by atoms with van der Waals surface area (Å²) < 4.78 is 0. The van der Waals surface area contributed by atoms with E-state index in [-0.39, 0.29) is 12.5 Å². The highest BCUT2D eigenvalue weighted by molar-refractivity contribution is 5.76. The van der Waals surface area contributed by atoms with E-state index in [0.717, 1.165) is 32.1 Å². The van der Waals surface area contributed by atoms with Gasteiger partial charge in [-0.25, -0.2) is 0 Å². The molecule has 0 unspecified atom stereocenters. The smallest absolute Gasteiger partial charge is 0.220 e. The van der Waals surface area contributed by atoms with Crippen molar-refractivity contribution in [3.05, 3.63) is 24.3 Å². The highest BCUT2D eigenvalue weighted by Gasteiger charge is 2.17. The second-order valence-corrected chi connectivity index (χ2v) is 13.3. The van der Waals surface area contributed by atoms with E-state index in [2.05, 4.69) is 31.3 Å². The van der Waals surface area contributed by atoms with Gasteiger partial charge in [0, 0.05) is 6.42 Å². The highest BCUT2D eigenvalue weighted by atomic mass is 16.3. The van der Waals surface area contributed by atoms with Crippen molar-refractivity contribution < 1.29 is 15.0 Å². The third kappa shape index (κ3) is 32.3. The summed E-state index contributed by atoms with van der Waals surface area (Å²) in [5.74, 6) is -0.0727. The summed E-state index contributed by atoms with van der Waals surface area (Å²) in [6.45, 7) is 4.30. The van der Waals surface area contributed by atoms with Crippen molar-refractivity contribution in [1.29, 1.82) is 0 Å². The minimum atomic E-state index is -0.856. The molecule has 0 bridgehead atoms. The van der Waals surface area contributed by atoms with Crippen molar-refractivity contribution in [1.82, 2.24) is 5.32 Å². The standard InChI is InChI=1S/C40H77NO3/c1-3-5-7-9-11-13-15-17-19-20-22-23-25-27-29-31-33-35-39(43)38(37-42)41-40(44)36-34-32-30-28-26-24-21-18-16-14-12-10-8-6-4-2/h25,27,33,35,38-39,42-43H,3-24,26,28-32,34,36-37H2,1-2H3,(H,41,44)/b27-25+,35-33+/t38-,39+/m0/s1. The van der Waals surface area contributed by atoms with Gasteiger partial charge in [0.2, 0.25) is 5.91 Å². The zero-order chi connectivity index (χ0) is 32.2. The number of unbranched alkanes of at least 4 members (excludes halogenated alkanes) is 26. The lowest BCUT2D eigenvalue weighted by Gasteiger charge is -2.19. The molecule has 1 amide bonds. The SMILES string of the molecule is CCCCCCCCCCCCC/C=C/CC/C=C/[C@@H](O)[C@H](CO)NC(=O)CCCCCCCCCCCCCCCCC. The zero-order valence-corrected chi connectivity index (χ0v) is 29.7. The number of nitrogens with one attached hydrogen (secondary N) is 1. The molecular formula is C40H77NO3. The largest absolute Gasteiger partial charge is 0.394 e. The van der Waals surface area contributed by atoms with E-state index in [1.807, 2.05) is 6.08 Å². The van der Waals surface area contributed by atoms with Crippen LogP contribution in [0.4, 0.5) is 0 Å². The molecule has 0 heterocycles. The minimum Gasteiger partial charge on any atom is -0.394 e. The van der Waals surface area contributed by atoms with Crippen LogP contribution in [-0.2, 0) is 4.79 Å².